The van der Waals surface area contributed by atoms with Crippen molar-refractivity contribution in [2.45, 2.75) is 29.2 Å². The van der Waals surface area contributed by atoms with E-state index in [0.29, 0.717) is 17.4 Å². The number of nitrogens with one attached hydrogen (secondary N) is 1. The Morgan fingerprint density at radius 2 is 1.88 bits per heavy atom. The second kappa shape index (κ2) is 12.2. The molecule has 1 aromatic heterocycles. The van der Waals surface area contributed by atoms with E-state index in [1.54, 1.807) is 30.5 Å². The molecule has 0 aliphatic carbocycles. The van der Waals surface area contributed by atoms with Crippen LogP contribution in [-0.2, 0) is 6.61 Å². The van der Waals surface area contributed by atoms with Gasteiger partial charge in [-0.15, -0.1) is 0 Å². The van der Waals surface area contributed by atoms with Gasteiger partial charge in [-0.3, -0.25) is 4.79 Å². The molecule has 174 valence electrons. The third kappa shape index (κ3) is 7.16. The lowest BCUT2D eigenvalue weighted by Crippen LogP contribution is -2.20. The molecule has 1 amide bonds. The lowest BCUT2D eigenvalue weighted by Gasteiger charge is -2.17. The van der Waals surface area contributed by atoms with Gasteiger partial charge in [0.25, 0.3) is 0 Å². The number of benzene rings is 2. The van der Waals surface area contributed by atoms with E-state index >= 15 is 0 Å². The number of nitrogens with zero attached hydrogens (tertiary/aromatic N) is 3. The highest BCUT2D eigenvalue weighted by molar-refractivity contribution is 7.99. The number of ether oxygens (including phenoxy) is 1. The molecule has 3 N–H and O–H groups in total. The molecule has 2 aromatic carbocycles. The molecule has 0 unspecified atom stereocenters. The summed E-state index contributed by atoms with van der Waals surface area (Å²) < 4.78 is 19.5. The Morgan fingerprint density at radius 3 is 2.52 bits per heavy atom. The van der Waals surface area contributed by atoms with Crippen molar-refractivity contribution in [3.8, 4) is 5.88 Å². The number of hydrogen-bond donors (Lipinski definition) is 2. The van der Waals surface area contributed by atoms with Crippen LogP contribution in [0, 0.1) is 5.82 Å². The van der Waals surface area contributed by atoms with Crippen molar-refractivity contribution < 1.29 is 13.9 Å². The van der Waals surface area contributed by atoms with E-state index in [2.05, 4.69) is 20.2 Å². The van der Waals surface area contributed by atoms with Gasteiger partial charge in [0.1, 0.15) is 12.4 Å². The summed E-state index contributed by atoms with van der Waals surface area (Å²) in [6.07, 6.45) is 3.98. The maximum absolute atomic E-state index is 13.5. The monoisotopic (exact) mass is 469 g/mol. The maximum atomic E-state index is 13.5. The molecule has 33 heavy (non-hydrogen) atoms. The van der Waals surface area contributed by atoms with Crippen LogP contribution in [0.25, 0.3) is 0 Å². The minimum absolute atomic E-state index is 0.197. The van der Waals surface area contributed by atoms with Crippen LogP contribution in [-0.4, -0.2) is 43.1 Å². The average molecular weight is 470 g/mol. The number of carbonyl (C=O) groups is 1. The first-order valence-corrected chi connectivity index (χ1v) is 11.5. The fraction of sp³-hybridized carbons (Fsp3) is 0.292. The summed E-state index contributed by atoms with van der Waals surface area (Å²) in [5, 5.41) is 2.75. The number of rotatable bonds is 7. The topological polar surface area (TPSA) is 93.4 Å². The minimum atomic E-state index is -0.469. The van der Waals surface area contributed by atoms with E-state index < -0.39 is 5.91 Å². The first-order valence-electron chi connectivity index (χ1n) is 10.7. The van der Waals surface area contributed by atoms with Gasteiger partial charge < -0.3 is 20.7 Å². The molecule has 0 saturated carbocycles. The predicted molar refractivity (Wildman–Crippen MR) is 128 cm³/mol. The zero-order valence-electron chi connectivity index (χ0n) is 18.8. The highest BCUT2D eigenvalue weighted by Crippen LogP contribution is 2.35. The number of primary amides is 1. The van der Waals surface area contributed by atoms with Crippen LogP contribution < -0.4 is 20.7 Å². The first kappa shape index (κ1) is 24.5. The summed E-state index contributed by atoms with van der Waals surface area (Å²) in [5.74, 6) is 0.306. The smallest absolute Gasteiger partial charge is 0.248 e. The quantitative estimate of drug-likeness (QED) is 0.542. The van der Waals surface area contributed by atoms with Gasteiger partial charge in [0.15, 0.2) is 0 Å². The van der Waals surface area contributed by atoms with E-state index in [4.69, 9.17) is 10.5 Å². The number of halogens is 1. The van der Waals surface area contributed by atoms with E-state index in [-0.39, 0.29) is 12.4 Å². The predicted octanol–water partition coefficient (Wildman–Crippen LogP) is 3.88. The van der Waals surface area contributed by atoms with Crippen LogP contribution in [0.1, 0.15) is 28.8 Å². The molecule has 1 aliphatic rings. The van der Waals surface area contributed by atoms with Crippen molar-refractivity contribution in [3.63, 3.8) is 0 Å². The summed E-state index contributed by atoms with van der Waals surface area (Å²) in [7, 11) is 3.75. The summed E-state index contributed by atoms with van der Waals surface area (Å²) >= 11 is 1.43. The van der Waals surface area contributed by atoms with Crippen LogP contribution in [0.5, 0.6) is 5.88 Å². The number of nitrogens with two attached hydrogens (primary N) is 1. The van der Waals surface area contributed by atoms with Gasteiger partial charge in [0.05, 0.1) is 11.1 Å². The van der Waals surface area contributed by atoms with Crippen molar-refractivity contribution in [3.05, 3.63) is 71.7 Å². The fourth-order valence-corrected chi connectivity index (χ4v) is 4.01. The van der Waals surface area contributed by atoms with E-state index in [1.807, 2.05) is 26.2 Å². The van der Waals surface area contributed by atoms with Crippen LogP contribution in [0.3, 0.4) is 0 Å². The van der Waals surface area contributed by atoms with Gasteiger partial charge >= 0.3 is 0 Å². The standard InChI is InChI=1S/C22H21FN4O2S.C2H7N/c23-17-5-3-4-15(12-17)14-29-21-19(13-25-22(26-21)27-10-1-2-11-27)30-18-8-6-16(7-9-18)20(24)28;1-3-2/h3-9,12-13H,1-2,10-11,14H2,(H2,24,28);3H,1-2H3. The number of aromatic nitrogens is 2. The Morgan fingerprint density at radius 1 is 1.18 bits per heavy atom. The molecule has 7 nitrogen and oxygen atoms in total. The molecule has 0 atom stereocenters. The number of amides is 1. The van der Waals surface area contributed by atoms with E-state index in [0.717, 1.165) is 41.3 Å². The first-order chi connectivity index (χ1) is 16.0. The lowest BCUT2D eigenvalue weighted by atomic mass is 10.2. The summed E-state index contributed by atoms with van der Waals surface area (Å²) in [5.41, 5.74) is 6.47. The van der Waals surface area contributed by atoms with Crippen molar-refractivity contribution in [1.29, 1.82) is 0 Å². The molecule has 3 aromatic rings. The number of carbonyl (C=O) groups excluding carboxylic acids is 1. The normalized spacial score (nSPS) is 12.8. The molecule has 9 heteroatoms. The summed E-state index contributed by atoms with van der Waals surface area (Å²) in [4.78, 5) is 24.2. The van der Waals surface area contributed by atoms with E-state index in [9.17, 15) is 9.18 Å². The van der Waals surface area contributed by atoms with Gasteiger partial charge in [-0.25, -0.2) is 9.37 Å². The summed E-state index contributed by atoms with van der Waals surface area (Å²) in [6, 6.07) is 13.3. The van der Waals surface area contributed by atoms with Crippen LogP contribution in [0.4, 0.5) is 10.3 Å². The minimum Gasteiger partial charge on any atom is -0.472 e. The fourth-order valence-electron chi connectivity index (χ4n) is 3.18. The van der Waals surface area contributed by atoms with Gasteiger partial charge in [-0.2, -0.15) is 4.98 Å². The molecule has 0 radical (unpaired) electrons. The Bertz CT molecular complexity index is 1060. The Balaban J connectivity index is 0.000000968. The Kier molecular flexibility index (Phi) is 9.03. The molecule has 1 saturated heterocycles. The van der Waals surface area contributed by atoms with Gasteiger partial charge in [0, 0.05) is 23.5 Å². The van der Waals surface area contributed by atoms with Gasteiger partial charge in [-0.1, -0.05) is 23.9 Å². The van der Waals surface area contributed by atoms with Crippen LogP contribution in [0.2, 0.25) is 0 Å². The molecular weight excluding hydrogens is 441 g/mol. The zero-order valence-corrected chi connectivity index (χ0v) is 19.6. The van der Waals surface area contributed by atoms with Crippen molar-refractivity contribution in [2.24, 2.45) is 5.73 Å². The van der Waals surface area contributed by atoms with Crippen molar-refractivity contribution in [1.82, 2.24) is 15.3 Å². The second-order valence-corrected chi connectivity index (χ2v) is 8.56. The van der Waals surface area contributed by atoms with Gasteiger partial charge in [-0.05, 0) is 68.9 Å². The molecule has 4 rings (SSSR count). The highest BCUT2D eigenvalue weighted by Gasteiger charge is 2.18. The Hall–Kier alpha value is -3.17. The van der Waals surface area contributed by atoms with Crippen LogP contribution in [0.15, 0.2) is 64.5 Å². The molecule has 1 aliphatic heterocycles. The third-order valence-corrected chi connectivity index (χ3v) is 5.74. The SMILES string of the molecule is CNC.NC(=O)c1ccc(Sc2cnc(N3CCCC3)nc2OCc2cccc(F)c2)cc1. The number of anilines is 1. The van der Waals surface area contributed by atoms with E-state index in [1.165, 1.54) is 23.9 Å². The number of hydrogen-bond acceptors (Lipinski definition) is 7. The summed E-state index contributed by atoms with van der Waals surface area (Å²) in [6.45, 7) is 2.04. The lowest BCUT2D eigenvalue weighted by molar-refractivity contribution is 0.1000. The van der Waals surface area contributed by atoms with Crippen molar-refractivity contribution >= 4 is 23.6 Å². The molecule has 1 fully saturated rings. The highest BCUT2D eigenvalue weighted by atomic mass is 32.2. The molecule has 0 bridgehead atoms. The van der Waals surface area contributed by atoms with Gasteiger partial charge in [0.2, 0.25) is 17.7 Å². The zero-order chi connectivity index (χ0) is 23.6. The third-order valence-electron chi connectivity index (χ3n) is 4.73. The maximum Gasteiger partial charge on any atom is 0.248 e. The Labute approximate surface area is 197 Å². The molecule has 2 heterocycles. The molecule has 0 spiro atoms. The second-order valence-electron chi connectivity index (χ2n) is 7.44. The van der Waals surface area contributed by atoms with Crippen molar-refractivity contribution in [2.75, 3.05) is 32.1 Å². The average Bonchev–Trinajstić information content (AvgIpc) is 3.34. The molecular formula is C24H28FN5O2S. The van der Waals surface area contributed by atoms with Crippen LogP contribution >= 0.6 is 11.8 Å². The largest absolute Gasteiger partial charge is 0.472 e.